The number of nitrogens with zero attached hydrogens (tertiary/aromatic N) is 1. The Labute approximate surface area is 125 Å². The summed E-state index contributed by atoms with van der Waals surface area (Å²) in [6.45, 7) is 2.90. The molecule has 0 bridgehead atoms. The Bertz CT molecular complexity index is 472. The van der Waals surface area contributed by atoms with Gasteiger partial charge in [0.05, 0.1) is 6.54 Å². The summed E-state index contributed by atoms with van der Waals surface area (Å²) in [7, 11) is 0. The SMILES string of the molecule is CCNC(=NCC(O)c1ccccc1F)NC1CCCC1. The van der Waals surface area contributed by atoms with E-state index in [4.69, 9.17) is 0 Å². The van der Waals surface area contributed by atoms with E-state index >= 15 is 0 Å². The first kappa shape index (κ1) is 15.8. The standard InChI is InChI=1S/C16H24FN3O/c1-2-18-16(20-12-7-3-4-8-12)19-11-15(21)13-9-5-6-10-14(13)17/h5-6,9-10,12,15,21H,2-4,7-8,11H2,1H3,(H2,18,19,20). The Hall–Kier alpha value is -1.62. The molecule has 1 aromatic carbocycles. The van der Waals surface area contributed by atoms with Crippen LogP contribution in [-0.4, -0.2) is 30.2 Å². The maximum absolute atomic E-state index is 13.6. The number of aliphatic hydroxyl groups is 1. The molecule has 1 unspecified atom stereocenters. The van der Waals surface area contributed by atoms with Crippen LogP contribution in [0.5, 0.6) is 0 Å². The van der Waals surface area contributed by atoms with Gasteiger partial charge in [-0.25, -0.2) is 4.39 Å². The monoisotopic (exact) mass is 293 g/mol. The van der Waals surface area contributed by atoms with Crippen LogP contribution in [0, 0.1) is 5.82 Å². The molecular formula is C16H24FN3O. The van der Waals surface area contributed by atoms with Gasteiger partial charge in [-0.05, 0) is 25.8 Å². The third-order valence-corrected chi connectivity index (χ3v) is 3.73. The summed E-state index contributed by atoms with van der Waals surface area (Å²) in [4.78, 5) is 4.37. The molecule has 0 aromatic heterocycles. The minimum absolute atomic E-state index is 0.142. The van der Waals surface area contributed by atoms with E-state index < -0.39 is 11.9 Å². The van der Waals surface area contributed by atoms with Crippen LogP contribution in [0.4, 0.5) is 4.39 Å². The van der Waals surface area contributed by atoms with Gasteiger partial charge in [0.25, 0.3) is 0 Å². The lowest BCUT2D eigenvalue weighted by molar-refractivity contribution is 0.182. The Kier molecular flexibility index (Phi) is 5.99. The first-order valence-corrected chi connectivity index (χ1v) is 7.68. The van der Waals surface area contributed by atoms with Crippen molar-refractivity contribution in [2.24, 2.45) is 4.99 Å². The Morgan fingerprint density at radius 3 is 2.76 bits per heavy atom. The fourth-order valence-electron chi connectivity index (χ4n) is 2.60. The van der Waals surface area contributed by atoms with Crippen LogP contribution in [0.25, 0.3) is 0 Å². The normalized spacial score (nSPS) is 17.8. The predicted octanol–water partition coefficient (Wildman–Crippen LogP) is 2.36. The maximum Gasteiger partial charge on any atom is 0.191 e. The molecule has 1 aliphatic rings. The topological polar surface area (TPSA) is 56.7 Å². The summed E-state index contributed by atoms with van der Waals surface area (Å²) in [6.07, 6.45) is 3.87. The van der Waals surface area contributed by atoms with Gasteiger partial charge < -0.3 is 15.7 Å². The molecule has 0 radical (unpaired) electrons. The number of aliphatic hydroxyl groups excluding tert-OH is 1. The quantitative estimate of drug-likeness (QED) is 0.577. The molecule has 5 heteroatoms. The first-order chi connectivity index (χ1) is 10.2. The number of hydrogen-bond acceptors (Lipinski definition) is 2. The van der Waals surface area contributed by atoms with E-state index in [2.05, 4.69) is 15.6 Å². The molecule has 1 saturated carbocycles. The fraction of sp³-hybridized carbons (Fsp3) is 0.562. The molecule has 116 valence electrons. The number of hydrogen-bond donors (Lipinski definition) is 3. The van der Waals surface area contributed by atoms with Crippen LogP contribution in [0.15, 0.2) is 29.3 Å². The van der Waals surface area contributed by atoms with Crippen LogP contribution < -0.4 is 10.6 Å². The second kappa shape index (κ2) is 7.98. The van der Waals surface area contributed by atoms with Crippen LogP contribution in [0.1, 0.15) is 44.3 Å². The minimum atomic E-state index is -0.926. The van der Waals surface area contributed by atoms with E-state index in [1.165, 1.54) is 18.9 Å². The van der Waals surface area contributed by atoms with Gasteiger partial charge in [-0.2, -0.15) is 0 Å². The number of halogens is 1. The molecule has 21 heavy (non-hydrogen) atoms. The Morgan fingerprint density at radius 1 is 1.38 bits per heavy atom. The van der Waals surface area contributed by atoms with Crippen molar-refractivity contribution in [2.75, 3.05) is 13.1 Å². The molecule has 0 saturated heterocycles. The predicted molar refractivity (Wildman–Crippen MR) is 82.7 cm³/mol. The lowest BCUT2D eigenvalue weighted by Crippen LogP contribution is -2.42. The van der Waals surface area contributed by atoms with Crippen molar-refractivity contribution in [1.29, 1.82) is 0 Å². The number of nitrogens with one attached hydrogen (secondary N) is 2. The highest BCUT2D eigenvalue weighted by Gasteiger charge is 2.16. The largest absolute Gasteiger partial charge is 0.386 e. The summed E-state index contributed by atoms with van der Waals surface area (Å²) in [5, 5.41) is 16.6. The second-order valence-corrected chi connectivity index (χ2v) is 5.38. The molecule has 2 rings (SSSR count). The summed E-state index contributed by atoms with van der Waals surface area (Å²) >= 11 is 0. The average molecular weight is 293 g/mol. The van der Waals surface area contributed by atoms with Gasteiger partial charge in [0.1, 0.15) is 11.9 Å². The summed E-state index contributed by atoms with van der Waals surface area (Å²) in [6, 6.07) is 6.72. The van der Waals surface area contributed by atoms with Crippen molar-refractivity contribution in [3.8, 4) is 0 Å². The molecule has 0 spiro atoms. The molecule has 1 atom stereocenters. The van der Waals surface area contributed by atoms with E-state index in [1.807, 2.05) is 6.92 Å². The highest BCUT2D eigenvalue weighted by atomic mass is 19.1. The van der Waals surface area contributed by atoms with Gasteiger partial charge in [0, 0.05) is 18.2 Å². The molecular weight excluding hydrogens is 269 g/mol. The third kappa shape index (κ3) is 4.70. The maximum atomic E-state index is 13.6. The van der Waals surface area contributed by atoms with Crippen LogP contribution in [0.2, 0.25) is 0 Å². The molecule has 1 fully saturated rings. The van der Waals surface area contributed by atoms with Gasteiger partial charge in [0.2, 0.25) is 0 Å². The van der Waals surface area contributed by atoms with Gasteiger partial charge in [0.15, 0.2) is 5.96 Å². The van der Waals surface area contributed by atoms with Crippen molar-refractivity contribution < 1.29 is 9.50 Å². The zero-order chi connectivity index (χ0) is 15.1. The van der Waals surface area contributed by atoms with Crippen LogP contribution >= 0.6 is 0 Å². The molecule has 4 nitrogen and oxygen atoms in total. The Balaban J connectivity index is 1.96. The number of aliphatic imine (C=N–C) groups is 1. The summed E-state index contributed by atoms with van der Waals surface area (Å²) in [5.74, 6) is 0.300. The van der Waals surface area contributed by atoms with E-state index in [-0.39, 0.29) is 12.1 Å². The number of benzene rings is 1. The molecule has 0 amide bonds. The van der Waals surface area contributed by atoms with Crippen molar-refractivity contribution in [3.63, 3.8) is 0 Å². The van der Waals surface area contributed by atoms with Crippen molar-refractivity contribution in [3.05, 3.63) is 35.6 Å². The van der Waals surface area contributed by atoms with Gasteiger partial charge in [-0.3, -0.25) is 4.99 Å². The van der Waals surface area contributed by atoms with Gasteiger partial charge in [-0.1, -0.05) is 31.0 Å². The van der Waals surface area contributed by atoms with E-state index in [0.717, 1.165) is 19.4 Å². The molecule has 0 aliphatic heterocycles. The van der Waals surface area contributed by atoms with Crippen molar-refractivity contribution in [2.45, 2.75) is 44.8 Å². The van der Waals surface area contributed by atoms with Crippen LogP contribution in [-0.2, 0) is 0 Å². The zero-order valence-electron chi connectivity index (χ0n) is 12.5. The molecule has 1 aromatic rings. The lowest BCUT2D eigenvalue weighted by atomic mass is 10.1. The average Bonchev–Trinajstić information content (AvgIpc) is 2.98. The fourth-order valence-corrected chi connectivity index (χ4v) is 2.60. The highest BCUT2D eigenvalue weighted by Crippen LogP contribution is 2.18. The minimum Gasteiger partial charge on any atom is -0.386 e. The smallest absolute Gasteiger partial charge is 0.191 e. The Morgan fingerprint density at radius 2 is 2.10 bits per heavy atom. The van der Waals surface area contributed by atoms with E-state index in [0.29, 0.717) is 12.0 Å². The number of rotatable bonds is 5. The highest BCUT2D eigenvalue weighted by molar-refractivity contribution is 5.80. The molecule has 1 aliphatic carbocycles. The molecule has 0 heterocycles. The van der Waals surface area contributed by atoms with E-state index in [9.17, 15) is 9.50 Å². The third-order valence-electron chi connectivity index (χ3n) is 3.73. The second-order valence-electron chi connectivity index (χ2n) is 5.38. The van der Waals surface area contributed by atoms with Crippen LogP contribution in [0.3, 0.4) is 0 Å². The lowest BCUT2D eigenvalue weighted by Gasteiger charge is -2.17. The zero-order valence-corrected chi connectivity index (χ0v) is 12.5. The van der Waals surface area contributed by atoms with Gasteiger partial charge >= 0.3 is 0 Å². The van der Waals surface area contributed by atoms with Crippen molar-refractivity contribution in [1.82, 2.24) is 10.6 Å². The van der Waals surface area contributed by atoms with Gasteiger partial charge in [-0.15, -0.1) is 0 Å². The summed E-state index contributed by atoms with van der Waals surface area (Å²) < 4.78 is 13.6. The summed E-state index contributed by atoms with van der Waals surface area (Å²) in [5.41, 5.74) is 0.290. The number of guanidine groups is 1. The van der Waals surface area contributed by atoms with E-state index in [1.54, 1.807) is 18.2 Å². The molecule has 3 N–H and O–H groups in total. The van der Waals surface area contributed by atoms with Crippen molar-refractivity contribution >= 4 is 5.96 Å². The first-order valence-electron chi connectivity index (χ1n) is 7.68.